The van der Waals surface area contributed by atoms with Crippen molar-refractivity contribution in [2.75, 3.05) is 6.54 Å². The molecule has 0 saturated carbocycles. The van der Waals surface area contributed by atoms with E-state index in [1.54, 1.807) is 18.2 Å². The molecule has 1 heterocycles. The van der Waals surface area contributed by atoms with Crippen molar-refractivity contribution in [1.82, 2.24) is 20.5 Å². The van der Waals surface area contributed by atoms with E-state index in [1.165, 1.54) is 12.4 Å². The van der Waals surface area contributed by atoms with Gasteiger partial charge in [-0.3, -0.25) is 9.89 Å². The molecule has 0 unspecified atom stereocenters. The van der Waals surface area contributed by atoms with Gasteiger partial charge in [-0.25, -0.2) is 9.78 Å². The van der Waals surface area contributed by atoms with Gasteiger partial charge in [-0.05, 0) is 11.6 Å². The number of aromatic amines is 1. The molecule has 0 aliphatic heterocycles. The summed E-state index contributed by atoms with van der Waals surface area (Å²) in [4.78, 5) is 26.7. The van der Waals surface area contributed by atoms with Crippen LogP contribution in [0.1, 0.15) is 21.7 Å². The number of amides is 1. The number of benzene rings is 1. The third kappa shape index (κ3) is 3.64. The number of H-pyrrole nitrogens is 1. The highest BCUT2D eigenvalue weighted by atomic mass is 16.4. The molecule has 3 N–H and O–H groups in total. The SMILES string of the molecule is O=C(Cc1ccccc1C(=O)O)NCCc1ncn[nH]1. The number of carboxylic acid groups (broad SMARTS) is 1. The topological polar surface area (TPSA) is 108 Å². The number of carbonyl (C=O) groups is 2. The molecule has 0 bridgehead atoms. The average Bonchev–Trinajstić information content (AvgIpc) is 2.92. The van der Waals surface area contributed by atoms with E-state index in [-0.39, 0.29) is 17.9 Å². The number of nitrogens with zero attached hydrogens (tertiary/aromatic N) is 2. The van der Waals surface area contributed by atoms with Crippen molar-refractivity contribution in [3.8, 4) is 0 Å². The first-order valence-electron chi connectivity index (χ1n) is 6.09. The lowest BCUT2D eigenvalue weighted by Gasteiger charge is -2.06. The van der Waals surface area contributed by atoms with Crippen molar-refractivity contribution < 1.29 is 14.7 Å². The van der Waals surface area contributed by atoms with Crippen molar-refractivity contribution in [2.24, 2.45) is 0 Å². The summed E-state index contributed by atoms with van der Waals surface area (Å²) < 4.78 is 0. The molecule has 2 rings (SSSR count). The maximum absolute atomic E-state index is 11.8. The molecule has 1 aromatic heterocycles. The van der Waals surface area contributed by atoms with Crippen molar-refractivity contribution in [2.45, 2.75) is 12.8 Å². The second-order valence-electron chi connectivity index (χ2n) is 4.17. The Bertz CT molecular complexity index is 595. The molecular weight excluding hydrogens is 260 g/mol. The van der Waals surface area contributed by atoms with Crippen LogP contribution in [0.3, 0.4) is 0 Å². The van der Waals surface area contributed by atoms with Crippen LogP contribution in [-0.4, -0.2) is 38.7 Å². The number of carbonyl (C=O) groups excluding carboxylic acids is 1. The number of hydrogen-bond acceptors (Lipinski definition) is 4. The van der Waals surface area contributed by atoms with E-state index in [0.717, 1.165) is 0 Å². The summed E-state index contributed by atoms with van der Waals surface area (Å²) in [5.41, 5.74) is 0.648. The van der Waals surface area contributed by atoms with Crippen LogP contribution in [0.15, 0.2) is 30.6 Å². The Labute approximate surface area is 115 Å². The number of hydrogen-bond donors (Lipinski definition) is 3. The van der Waals surface area contributed by atoms with E-state index in [9.17, 15) is 9.59 Å². The minimum absolute atomic E-state index is 0.0406. The lowest BCUT2D eigenvalue weighted by atomic mass is 10.0. The van der Waals surface area contributed by atoms with Gasteiger partial charge in [0, 0.05) is 13.0 Å². The van der Waals surface area contributed by atoms with Gasteiger partial charge in [0.05, 0.1) is 12.0 Å². The third-order valence-corrected chi connectivity index (χ3v) is 2.75. The van der Waals surface area contributed by atoms with Crippen LogP contribution in [0, 0.1) is 0 Å². The van der Waals surface area contributed by atoms with E-state index < -0.39 is 5.97 Å². The number of carboxylic acids is 1. The molecule has 0 spiro atoms. The third-order valence-electron chi connectivity index (χ3n) is 2.75. The van der Waals surface area contributed by atoms with Crippen LogP contribution < -0.4 is 5.32 Å². The molecule has 0 atom stereocenters. The summed E-state index contributed by atoms with van der Waals surface area (Å²) >= 11 is 0. The van der Waals surface area contributed by atoms with Crippen LogP contribution >= 0.6 is 0 Å². The molecule has 104 valence electrons. The molecule has 0 fully saturated rings. The Morgan fingerprint density at radius 3 is 2.80 bits per heavy atom. The fourth-order valence-corrected chi connectivity index (χ4v) is 1.79. The predicted molar refractivity (Wildman–Crippen MR) is 70.2 cm³/mol. The van der Waals surface area contributed by atoms with Gasteiger partial charge in [0.2, 0.25) is 5.91 Å². The summed E-state index contributed by atoms with van der Waals surface area (Å²) in [5.74, 6) is -0.565. The highest BCUT2D eigenvalue weighted by molar-refractivity contribution is 5.91. The summed E-state index contributed by atoms with van der Waals surface area (Å²) in [6.45, 7) is 0.420. The van der Waals surface area contributed by atoms with Gasteiger partial charge in [-0.15, -0.1) is 0 Å². The van der Waals surface area contributed by atoms with Gasteiger partial charge in [0.25, 0.3) is 0 Å². The average molecular weight is 274 g/mol. The fraction of sp³-hybridized carbons (Fsp3) is 0.231. The van der Waals surface area contributed by atoms with Gasteiger partial charge < -0.3 is 10.4 Å². The van der Waals surface area contributed by atoms with Crippen LogP contribution in [0.25, 0.3) is 0 Å². The zero-order valence-electron chi connectivity index (χ0n) is 10.7. The molecule has 7 heteroatoms. The van der Waals surface area contributed by atoms with Crippen LogP contribution in [0.5, 0.6) is 0 Å². The van der Waals surface area contributed by atoms with Gasteiger partial charge >= 0.3 is 5.97 Å². The maximum atomic E-state index is 11.8. The van der Waals surface area contributed by atoms with E-state index >= 15 is 0 Å². The smallest absolute Gasteiger partial charge is 0.335 e. The lowest BCUT2D eigenvalue weighted by molar-refractivity contribution is -0.120. The molecular formula is C13H14N4O3. The van der Waals surface area contributed by atoms with Crippen molar-refractivity contribution in [3.63, 3.8) is 0 Å². The largest absolute Gasteiger partial charge is 0.478 e. The van der Waals surface area contributed by atoms with Crippen molar-refractivity contribution >= 4 is 11.9 Å². The Morgan fingerprint density at radius 1 is 1.30 bits per heavy atom. The number of rotatable bonds is 6. The summed E-state index contributed by atoms with van der Waals surface area (Å²) in [6.07, 6.45) is 1.99. The summed E-state index contributed by atoms with van der Waals surface area (Å²) in [5, 5.41) is 18.1. The second kappa shape index (κ2) is 6.46. The molecule has 7 nitrogen and oxygen atoms in total. The van der Waals surface area contributed by atoms with Crippen LogP contribution in [0.2, 0.25) is 0 Å². The van der Waals surface area contributed by atoms with E-state index in [4.69, 9.17) is 5.11 Å². The van der Waals surface area contributed by atoms with Gasteiger partial charge in [0.1, 0.15) is 12.2 Å². The number of aromatic nitrogens is 3. The van der Waals surface area contributed by atoms with Gasteiger partial charge in [-0.1, -0.05) is 18.2 Å². The molecule has 0 aliphatic carbocycles. The zero-order chi connectivity index (χ0) is 14.4. The molecule has 1 aromatic carbocycles. The predicted octanol–water partition coefficient (Wildman–Crippen LogP) is 0.404. The monoisotopic (exact) mass is 274 g/mol. The first-order valence-corrected chi connectivity index (χ1v) is 6.09. The van der Waals surface area contributed by atoms with Gasteiger partial charge in [0.15, 0.2) is 0 Å². The van der Waals surface area contributed by atoms with Crippen LogP contribution in [-0.2, 0) is 17.6 Å². The Kier molecular flexibility index (Phi) is 4.43. The second-order valence-corrected chi connectivity index (χ2v) is 4.17. The fourth-order valence-electron chi connectivity index (χ4n) is 1.79. The molecule has 1 amide bonds. The Morgan fingerprint density at radius 2 is 2.10 bits per heavy atom. The maximum Gasteiger partial charge on any atom is 0.335 e. The minimum atomic E-state index is -1.03. The number of nitrogens with one attached hydrogen (secondary N) is 2. The highest BCUT2D eigenvalue weighted by Crippen LogP contribution is 2.09. The molecule has 0 aliphatic rings. The van der Waals surface area contributed by atoms with E-state index in [2.05, 4.69) is 20.5 Å². The molecule has 0 radical (unpaired) electrons. The van der Waals surface area contributed by atoms with Gasteiger partial charge in [-0.2, -0.15) is 5.10 Å². The standard InChI is InChI=1S/C13H14N4O3/c18-12(14-6-5-11-15-8-16-17-11)7-9-3-1-2-4-10(9)13(19)20/h1-4,8H,5-7H2,(H,14,18)(H,19,20)(H,15,16,17). The minimum Gasteiger partial charge on any atom is -0.478 e. The highest BCUT2D eigenvalue weighted by Gasteiger charge is 2.12. The Balaban J connectivity index is 1.87. The first kappa shape index (κ1) is 13.7. The van der Waals surface area contributed by atoms with Crippen LogP contribution in [0.4, 0.5) is 0 Å². The summed E-state index contributed by atoms with van der Waals surface area (Å²) in [7, 11) is 0. The quantitative estimate of drug-likeness (QED) is 0.706. The van der Waals surface area contributed by atoms with Crippen molar-refractivity contribution in [3.05, 3.63) is 47.5 Å². The van der Waals surface area contributed by atoms with Crippen molar-refractivity contribution in [1.29, 1.82) is 0 Å². The van der Waals surface area contributed by atoms with E-state index in [0.29, 0.717) is 24.4 Å². The molecule has 20 heavy (non-hydrogen) atoms. The zero-order valence-corrected chi connectivity index (χ0v) is 10.7. The Hall–Kier alpha value is -2.70. The lowest BCUT2D eigenvalue weighted by Crippen LogP contribution is -2.28. The molecule has 2 aromatic rings. The summed E-state index contributed by atoms with van der Waals surface area (Å²) in [6, 6.07) is 6.47. The number of aromatic carboxylic acids is 1. The normalized spacial score (nSPS) is 10.2. The molecule has 0 saturated heterocycles. The first-order chi connectivity index (χ1) is 9.66. The van der Waals surface area contributed by atoms with E-state index in [1.807, 2.05) is 0 Å².